The van der Waals surface area contributed by atoms with Crippen LogP contribution in [0.3, 0.4) is 0 Å². The molecule has 1 unspecified atom stereocenters. The summed E-state index contributed by atoms with van der Waals surface area (Å²) >= 11 is 0. The third-order valence-electron chi connectivity index (χ3n) is 3.29. The van der Waals surface area contributed by atoms with Gasteiger partial charge in [-0.3, -0.25) is 10.1 Å². The normalized spacial score (nSPS) is 12.0. The third-order valence-corrected chi connectivity index (χ3v) is 3.29. The monoisotopic (exact) mass is 288 g/mol. The lowest BCUT2D eigenvalue weighted by Gasteiger charge is -2.17. The van der Waals surface area contributed by atoms with Gasteiger partial charge >= 0.3 is 0 Å². The molecule has 21 heavy (non-hydrogen) atoms. The summed E-state index contributed by atoms with van der Waals surface area (Å²) in [6, 6.07) is 11.3. The molecule has 0 aliphatic rings. The summed E-state index contributed by atoms with van der Waals surface area (Å²) in [7, 11) is 0. The molecule has 110 valence electrons. The van der Waals surface area contributed by atoms with Crippen LogP contribution in [0.25, 0.3) is 0 Å². The van der Waals surface area contributed by atoms with Crippen molar-refractivity contribution >= 4 is 11.4 Å². The van der Waals surface area contributed by atoms with E-state index < -0.39 is 0 Å². The van der Waals surface area contributed by atoms with Crippen molar-refractivity contribution in [2.24, 2.45) is 0 Å². The Morgan fingerprint density at radius 1 is 1.24 bits per heavy atom. The molecular formula is C16H17FN2O2. The first-order chi connectivity index (χ1) is 9.97. The van der Waals surface area contributed by atoms with Crippen molar-refractivity contribution in [3.05, 3.63) is 69.5 Å². The number of nitro benzene ring substituents is 1. The van der Waals surface area contributed by atoms with Crippen molar-refractivity contribution in [3.63, 3.8) is 0 Å². The molecule has 0 amide bonds. The molecule has 0 heterocycles. The second kappa shape index (κ2) is 6.35. The smallest absolute Gasteiger partial charge is 0.292 e. The zero-order valence-electron chi connectivity index (χ0n) is 12.0. The summed E-state index contributed by atoms with van der Waals surface area (Å²) in [5.41, 5.74) is 2.42. The largest absolute Gasteiger partial charge is 0.376 e. The van der Waals surface area contributed by atoms with Gasteiger partial charge in [0.2, 0.25) is 0 Å². The average molecular weight is 288 g/mol. The first-order valence-electron chi connectivity index (χ1n) is 6.72. The molecule has 0 radical (unpaired) electrons. The average Bonchev–Trinajstić information content (AvgIpc) is 2.43. The van der Waals surface area contributed by atoms with E-state index in [1.54, 1.807) is 18.2 Å². The number of hydrogen-bond acceptors (Lipinski definition) is 3. The van der Waals surface area contributed by atoms with E-state index in [1.807, 2.05) is 19.9 Å². The van der Waals surface area contributed by atoms with Crippen LogP contribution in [0.1, 0.15) is 18.1 Å². The number of halogens is 1. The Bertz CT molecular complexity index is 641. The van der Waals surface area contributed by atoms with Crippen LogP contribution in [-0.2, 0) is 6.42 Å². The molecule has 2 aromatic carbocycles. The topological polar surface area (TPSA) is 55.2 Å². The lowest BCUT2D eigenvalue weighted by Crippen LogP contribution is -2.19. The van der Waals surface area contributed by atoms with Crippen molar-refractivity contribution in [2.45, 2.75) is 26.3 Å². The highest BCUT2D eigenvalue weighted by atomic mass is 19.1. The Morgan fingerprint density at radius 3 is 2.52 bits per heavy atom. The molecule has 0 aromatic heterocycles. The molecule has 1 N–H and O–H groups in total. The van der Waals surface area contributed by atoms with Crippen molar-refractivity contribution in [3.8, 4) is 0 Å². The fraction of sp³-hybridized carbons (Fsp3) is 0.250. The zero-order chi connectivity index (χ0) is 15.4. The van der Waals surface area contributed by atoms with Gasteiger partial charge in [-0.1, -0.05) is 24.3 Å². The first kappa shape index (κ1) is 15.0. The maximum absolute atomic E-state index is 12.9. The molecule has 0 aliphatic carbocycles. The number of nitrogens with zero attached hydrogens (tertiary/aromatic N) is 1. The summed E-state index contributed by atoms with van der Waals surface area (Å²) in [6.07, 6.45) is 0.659. The van der Waals surface area contributed by atoms with Gasteiger partial charge in [0.05, 0.1) is 4.92 Å². The number of para-hydroxylation sites is 1. The molecular weight excluding hydrogens is 271 g/mol. The quantitative estimate of drug-likeness (QED) is 0.666. The predicted molar refractivity (Wildman–Crippen MR) is 81.0 cm³/mol. The second-order valence-corrected chi connectivity index (χ2v) is 5.10. The summed E-state index contributed by atoms with van der Waals surface area (Å²) in [5.74, 6) is -0.270. The predicted octanol–water partition coefficient (Wildman–Crippen LogP) is 4.09. The van der Waals surface area contributed by atoms with Gasteiger partial charge in [0.1, 0.15) is 11.5 Å². The SMILES string of the molecule is Cc1cccc([N+](=O)[O-])c1NC(C)Cc1ccc(F)cc1. The standard InChI is InChI=1S/C16H17FN2O2/c1-11-4-3-5-15(19(20)21)16(11)18-12(2)10-13-6-8-14(17)9-7-13/h3-9,12,18H,10H2,1-2H3. The summed E-state index contributed by atoms with van der Waals surface area (Å²) in [5, 5.41) is 14.3. The van der Waals surface area contributed by atoms with Crippen molar-refractivity contribution in [1.82, 2.24) is 0 Å². The number of hydrogen-bond donors (Lipinski definition) is 1. The molecule has 4 nitrogen and oxygen atoms in total. The Kier molecular flexibility index (Phi) is 4.52. The molecule has 0 fully saturated rings. The number of benzene rings is 2. The van der Waals surface area contributed by atoms with Gasteiger partial charge in [-0.25, -0.2) is 4.39 Å². The highest BCUT2D eigenvalue weighted by Gasteiger charge is 2.17. The van der Waals surface area contributed by atoms with Crippen molar-refractivity contribution in [1.29, 1.82) is 0 Å². The number of aryl methyl sites for hydroxylation is 1. The van der Waals surface area contributed by atoms with Crippen LogP contribution >= 0.6 is 0 Å². The van der Waals surface area contributed by atoms with Crippen LogP contribution < -0.4 is 5.32 Å². The van der Waals surface area contributed by atoms with Gasteiger partial charge in [0.15, 0.2) is 0 Å². The lowest BCUT2D eigenvalue weighted by molar-refractivity contribution is -0.384. The Hall–Kier alpha value is -2.43. The summed E-state index contributed by atoms with van der Waals surface area (Å²) in [6.45, 7) is 3.78. The maximum Gasteiger partial charge on any atom is 0.292 e. The van der Waals surface area contributed by atoms with E-state index in [9.17, 15) is 14.5 Å². The molecule has 5 heteroatoms. The number of nitro groups is 1. The van der Waals surface area contributed by atoms with E-state index in [-0.39, 0.29) is 22.5 Å². The van der Waals surface area contributed by atoms with E-state index in [4.69, 9.17) is 0 Å². The van der Waals surface area contributed by atoms with Gasteiger partial charge in [-0.2, -0.15) is 0 Å². The van der Waals surface area contributed by atoms with Gasteiger partial charge in [-0.15, -0.1) is 0 Å². The second-order valence-electron chi connectivity index (χ2n) is 5.10. The lowest BCUT2D eigenvalue weighted by atomic mass is 10.1. The minimum atomic E-state index is -0.389. The fourth-order valence-corrected chi connectivity index (χ4v) is 2.26. The van der Waals surface area contributed by atoms with Gasteiger partial charge < -0.3 is 5.32 Å². The van der Waals surface area contributed by atoms with Crippen LogP contribution in [-0.4, -0.2) is 11.0 Å². The van der Waals surface area contributed by atoms with Crippen molar-refractivity contribution < 1.29 is 9.31 Å². The Morgan fingerprint density at radius 2 is 1.90 bits per heavy atom. The van der Waals surface area contributed by atoms with E-state index in [0.717, 1.165) is 11.1 Å². The van der Waals surface area contributed by atoms with E-state index in [1.165, 1.54) is 18.2 Å². The summed E-state index contributed by atoms with van der Waals surface area (Å²) in [4.78, 5) is 10.7. The van der Waals surface area contributed by atoms with Crippen LogP contribution in [0, 0.1) is 22.9 Å². The van der Waals surface area contributed by atoms with Crippen LogP contribution in [0.5, 0.6) is 0 Å². The minimum Gasteiger partial charge on any atom is -0.376 e. The summed E-state index contributed by atoms with van der Waals surface area (Å²) < 4.78 is 12.9. The Balaban J connectivity index is 2.14. The molecule has 0 aliphatic heterocycles. The number of anilines is 1. The van der Waals surface area contributed by atoms with Gasteiger partial charge in [-0.05, 0) is 43.5 Å². The van der Waals surface area contributed by atoms with Gasteiger partial charge in [0, 0.05) is 12.1 Å². The molecule has 0 spiro atoms. The van der Waals surface area contributed by atoms with E-state index >= 15 is 0 Å². The molecule has 0 saturated heterocycles. The highest BCUT2D eigenvalue weighted by molar-refractivity contribution is 5.66. The minimum absolute atomic E-state index is 0.00439. The van der Waals surface area contributed by atoms with E-state index in [0.29, 0.717) is 12.1 Å². The number of rotatable bonds is 5. The third kappa shape index (κ3) is 3.78. The zero-order valence-corrected chi connectivity index (χ0v) is 12.0. The van der Waals surface area contributed by atoms with Crippen LogP contribution in [0.15, 0.2) is 42.5 Å². The maximum atomic E-state index is 12.9. The van der Waals surface area contributed by atoms with E-state index in [2.05, 4.69) is 5.32 Å². The van der Waals surface area contributed by atoms with Gasteiger partial charge in [0.25, 0.3) is 5.69 Å². The highest BCUT2D eigenvalue weighted by Crippen LogP contribution is 2.28. The molecule has 2 rings (SSSR count). The molecule has 0 bridgehead atoms. The number of nitrogens with one attached hydrogen (secondary N) is 1. The molecule has 1 atom stereocenters. The fourth-order valence-electron chi connectivity index (χ4n) is 2.26. The van der Waals surface area contributed by atoms with Crippen molar-refractivity contribution in [2.75, 3.05) is 5.32 Å². The molecule has 2 aromatic rings. The molecule has 0 saturated carbocycles. The van der Waals surface area contributed by atoms with Crippen LogP contribution in [0.4, 0.5) is 15.8 Å². The van der Waals surface area contributed by atoms with Crippen LogP contribution in [0.2, 0.25) is 0 Å². The Labute approximate surface area is 122 Å². The first-order valence-corrected chi connectivity index (χ1v) is 6.72.